The number of piperazine rings is 1. The smallest absolute Gasteiger partial charge is 0.238 e. The predicted molar refractivity (Wildman–Crippen MR) is 105 cm³/mol. The van der Waals surface area contributed by atoms with Crippen molar-refractivity contribution in [1.29, 1.82) is 0 Å². The van der Waals surface area contributed by atoms with E-state index in [4.69, 9.17) is 0 Å². The SMILES string of the molecule is O=C(CN1CCN(C(=O)CSc2ccc(F)cc2F)CC1)Nc1ccc(F)cc1. The molecule has 0 aromatic heterocycles. The highest BCUT2D eigenvalue weighted by Crippen LogP contribution is 2.23. The Balaban J connectivity index is 1.40. The molecule has 0 unspecified atom stereocenters. The van der Waals surface area contributed by atoms with Gasteiger partial charge in [-0.1, -0.05) is 0 Å². The lowest BCUT2D eigenvalue weighted by atomic mass is 10.3. The van der Waals surface area contributed by atoms with Gasteiger partial charge < -0.3 is 10.2 Å². The van der Waals surface area contributed by atoms with E-state index in [1.165, 1.54) is 30.3 Å². The number of hydrogen-bond acceptors (Lipinski definition) is 4. The van der Waals surface area contributed by atoms with Gasteiger partial charge in [-0.3, -0.25) is 14.5 Å². The second-order valence-electron chi connectivity index (χ2n) is 6.58. The zero-order valence-electron chi connectivity index (χ0n) is 15.5. The van der Waals surface area contributed by atoms with E-state index in [0.717, 1.165) is 23.9 Å². The number of halogens is 3. The Labute approximate surface area is 170 Å². The predicted octanol–water partition coefficient (Wildman–Crippen LogP) is 2.98. The zero-order chi connectivity index (χ0) is 20.8. The van der Waals surface area contributed by atoms with E-state index < -0.39 is 11.6 Å². The Morgan fingerprint density at radius 2 is 1.59 bits per heavy atom. The number of nitrogens with one attached hydrogen (secondary N) is 1. The molecular formula is C20H20F3N3O2S. The molecule has 1 aliphatic heterocycles. The van der Waals surface area contributed by atoms with Crippen molar-refractivity contribution < 1.29 is 22.8 Å². The summed E-state index contributed by atoms with van der Waals surface area (Å²) in [6.07, 6.45) is 0. The number of carbonyl (C=O) groups excluding carboxylic acids is 2. The molecule has 1 saturated heterocycles. The van der Waals surface area contributed by atoms with Crippen molar-refractivity contribution in [1.82, 2.24) is 9.80 Å². The lowest BCUT2D eigenvalue weighted by Gasteiger charge is -2.34. The molecule has 5 nitrogen and oxygen atoms in total. The first-order chi connectivity index (χ1) is 13.9. The van der Waals surface area contributed by atoms with Crippen molar-refractivity contribution in [2.45, 2.75) is 4.90 Å². The molecule has 1 heterocycles. The zero-order valence-corrected chi connectivity index (χ0v) is 16.4. The van der Waals surface area contributed by atoms with E-state index in [-0.39, 0.29) is 34.8 Å². The molecule has 9 heteroatoms. The summed E-state index contributed by atoms with van der Waals surface area (Å²) in [6.45, 7) is 2.19. The minimum Gasteiger partial charge on any atom is -0.339 e. The molecule has 0 radical (unpaired) electrons. The molecule has 0 aliphatic carbocycles. The van der Waals surface area contributed by atoms with Crippen LogP contribution >= 0.6 is 11.8 Å². The lowest BCUT2D eigenvalue weighted by molar-refractivity contribution is -0.130. The summed E-state index contributed by atoms with van der Waals surface area (Å²) in [5, 5.41) is 2.70. The fraction of sp³-hybridized carbons (Fsp3) is 0.300. The van der Waals surface area contributed by atoms with Crippen LogP contribution in [0, 0.1) is 17.5 Å². The molecule has 29 heavy (non-hydrogen) atoms. The third-order valence-electron chi connectivity index (χ3n) is 4.47. The molecule has 2 aromatic rings. The van der Waals surface area contributed by atoms with Gasteiger partial charge in [-0.05, 0) is 36.4 Å². The van der Waals surface area contributed by atoms with Gasteiger partial charge in [0.1, 0.15) is 17.5 Å². The third-order valence-corrected chi connectivity index (χ3v) is 5.50. The quantitative estimate of drug-likeness (QED) is 0.726. The van der Waals surface area contributed by atoms with E-state index >= 15 is 0 Å². The molecular weight excluding hydrogens is 403 g/mol. The van der Waals surface area contributed by atoms with Crippen LogP contribution in [-0.4, -0.2) is 60.1 Å². The van der Waals surface area contributed by atoms with Crippen molar-refractivity contribution in [3.8, 4) is 0 Å². The molecule has 1 aliphatic rings. The topological polar surface area (TPSA) is 52.7 Å². The maximum absolute atomic E-state index is 13.6. The van der Waals surface area contributed by atoms with Gasteiger partial charge in [0.15, 0.2) is 0 Å². The summed E-state index contributed by atoms with van der Waals surface area (Å²) < 4.78 is 39.5. The minimum absolute atomic E-state index is 0.0631. The van der Waals surface area contributed by atoms with Crippen molar-refractivity contribution in [2.75, 3.05) is 43.8 Å². The molecule has 1 N–H and O–H groups in total. The number of rotatable bonds is 6. The van der Waals surface area contributed by atoms with Crippen LogP contribution in [0.25, 0.3) is 0 Å². The van der Waals surface area contributed by atoms with Crippen molar-refractivity contribution in [3.63, 3.8) is 0 Å². The number of anilines is 1. The van der Waals surface area contributed by atoms with Gasteiger partial charge in [0.05, 0.1) is 12.3 Å². The first-order valence-corrected chi connectivity index (χ1v) is 10.0. The maximum atomic E-state index is 13.6. The fourth-order valence-electron chi connectivity index (χ4n) is 2.92. The Bertz CT molecular complexity index is 872. The summed E-state index contributed by atoms with van der Waals surface area (Å²) >= 11 is 1.03. The summed E-state index contributed by atoms with van der Waals surface area (Å²) in [7, 11) is 0. The van der Waals surface area contributed by atoms with Gasteiger partial charge in [-0.25, -0.2) is 13.2 Å². The van der Waals surface area contributed by atoms with Crippen LogP contribution in [0.4, 0.5) is 18.9 Å². The molecule has 2 aromatic carbocycles. The van der Waals surface area contributed by atoms with Crippen LogP contribution in [-0.2, 0) is 9.59 Å². The molecule has 2 amide bonds. The monoisotopic (exact) mass is 423 g/mol. The van der Waals surface area contributed by atoms with Gasteiger partial charge in [-0.2, -0.15) is 0 Å². The van der Waals surface area contributed by atoms with Gasteiger partial charge in [0.2, 0.25) is 11.8 Å². The fourth-order valence-corrected chi connectivity index (χ4v) is 3.74. The Morgan fingerprint density at radius 3 is 2.24 bits per heavy atom. The molecule has 0 atom stereocenters. The summed E-state index contributed by atoms with van der Waals surface area (Å²) in [5.41, 5.74) is 0.523. The molecule has 0 bridgehead atoms. The van der Waals surface area contributed by atoms with Crippen LogP contribution in [0.5, 0.6) is 0 Å². The van der Waals surface area contributed by atoms with Crippen molar-refractivity contribution in [3.05, 3.63) is 59.9 Å². The van der Waals surface area contributed by atoms with E-state index in [1.54, 1.807) is 4.90 Å². The second-order valence-corrected chi connectivity index (χ2v) is 7.59. The van der Waals surface area contributed by atoms with Gasteiger partial charge in [0, 0.05) is 42.8 Å². The normalized spacial score (nSPS) is 14.7. The van der Waals surface area contributed by atoms with E-state index in [9.17, 15) is 22.8 Å². The van der Waals surface area contributed by atoms with Crippen LogP contribution < -0.4 is 5.32 Å². The lowest BCUT2D eigenvalue weighted by Crippen LogP contribution is -2.50. The van der Waals surface area contributed by atoms with E-state index in [1.807, 2.05) is 4.90 Å². The Hall–Kier alpha value is -2.52. The van der Waals surface area contributed by atoms with Crippen LogP contribution in [0.3, 0.4) is 0 Å². The molecule has 1 fully saturated rings. The summed E-state index contributed by atoms with van der Waals surface area (Å²) in [6, 6.07) is 8.80. The maximum Gasteiger partial charge on any atom is 0.238 e. The first kappa shape index (κ1) is 21.2. The highest BCUT2D eigenvalue weighted by molar-refractivity contribution is 8.00. The van der Waals surface area contributed by atoms with Gasteiger partial charge in [-0.15, -0.1) is 11.8 Å². The molecule has 0 spiro atoms. The number of amides is 2. The van der Waals surface area contributed by atoms with Crippen LogP contribution in [0.2, 0.25) is 0 Å². The molecule has 3 rings (SSSR count). The van der Waals surface area contributed by atoms with Crippen molar-refractivity contribution >= 4 is 29.3 Å². The molecule has 154 valence electrons. The Morgan fingerprint density at radius 1 is 0.931 bits per heavy atom. The minimum atomic E-state index is -0.681. The number of carbonyl (C=O) groups is 2. The number of benzene rings is 2. The summed E-state index contributed by atoms with van der Waals surface area (Å²) in [4.78, 5) is 28.3. The summed E-state index contributed by atoms with van der Waals surface area (Å²) in [5.74, 6) is -1.98. The second kappa shape index (κ2) is 9.80. The average Bonchev–Trinajstić information content (AvgIpc) is 2.69. The highest BCUT2D eigenvalue weighted by atomic mass is 32.2. The van der Waals surface area contributed by atoms with Crippen LogP contribution in [0.1, 0.15) is 0 Å². The number of nitrogens with zero attached hydrogens (tertiary/aromatic N) is 2. The van der Waals surface area contributed by atoms with Crippen molar-refractivity contribution in [2.24, 2.45) is 0 Å². The number of thioether (sulfide) groups is 1. The van der Waals surface area contributed by atoms with E-state index in [2.05, 4.69) is 5.32 Å². The largest absolute Gasteiger partial charge is 0.339 e. The standard InChI is InChI=1S/C20H20F3N3O2S/c21-14-1-4-16(5-2-14)24-19(27)12-25-7-9-26(10-8-25)20(28)13-29-18-6-3-15(22)11-17(18)23/h1-6,11H,7-10,12-13H2,(H,24,27). The molecule has 0 saturated carbocycles. The van der Waals surface area contributed by atoms with Crippen LogP contribution in [0.15, 0.2) is 47.4 Å². The highest BCUT2D eigenvalue weighted by Gasteiger charge is 2.22. The first-order valence-electron chi connectivity index (χ1n) is 9.04. The van der Waals surface area contributed by atoms with Gasteiger partial charge >= 0.3 is 0 Å². The van der Waals surface area contributed by atoms with Gasteiger partial charge in [0.25, 0.3) is 0 Å². The average molecular weight is 423 g/mol. The third kappa shape index (κ3) is 6.23. The van der Waals surface area contributed by atoms with E-state index in [0.29, 0.717) is 31.9 Å². The number of hydrogen-bond donors (Lipinski definition) is 1. The Kier molecular flexibility index (Phi) is 7.16.